The summed E-state index contributed by atoms with van der Waals surface area (Å²) in [5.74, 6) is 0.326. The summed E-state index contributed by atoms with van der Waals surface area (Å²) < 4.78 is 16.7. The van der Waals surface area contributed by atoms with E-state index in [1.54, 1.807) is 25.3 Å². The minimum absolute atomic E-state index is 0.0360. The molecule has 1 saturated heterocycles. The Labute approximate surface area is 215 Å². The lowest BCUT2D eigenvalue weighted by atomic mass is 9.93. The summed E-state index contributed by atoms with van der Waals surface area (Å²) in [7, 11) is 1.57. The lowest BCUT2D eigenvalue weighted by Crippen LogP contribution is -2.29. The van der Waals surface area contributed by atoms with Gasteiger partial charge in [0, 0.05) is 11.1 Å². The number of aliphatic hydroxyl groups excluding tert-OH is 1. The number of nitrogens with zero attached hydrogens (tertiary/aromatic N) is 1. The van der Waals surface area contributed by atoms with Crippen LogP contribution in [0.15, 0.2) is 72.3 Å². The second-order valence-corrected chi connectivity index (χ2v) is 9.42. The largest absolute Gasteiger partial charge is 0.507 e. The van der Waals surface area contributed by atoms with Crippen molar-refractivity contribution in [2.75, 3.05) is 20.3 Å². The number of carbonyl (C=O) groups excluding carboxylic acids is 2. The van der Waals surface area contributed by atoms with Gasteiger partial charge in [0.15, 0.2) is 11.5 Å². The van der Waals surface area contributed by atoms with Crippen molar-refractivity contribution in [2.24, 2.45) is 0 Å². The van der Waals surface area contributed by atoms with E-state index in [0.29, 0.717) is 41.9 Å². The Balaban J connectivity index is 1.63. The number of hydrogen-bond acceptors (Lipinski definition) is 6. The Bertz CT molecular complexity index is 1380. The van der Waals surface area contributed by atoms with Gasteiger partial charge in [-0.25, -0.2) is 0 Å². The van der Waals surface area contributed by atoms with E-state index in [9.17, 15) is 14.7 Å². The fourth-order valence-corrected chi connectivity index (χ4v) is 4.82. The van der Waals surface area contributed by atoms with Gasteiger partial charge < -0.3 is 24.2 Å². The fraction of sp³-hybridized carbons (Fsp3) is 0.267. The van der Waals surface area contributed by atoms with Crippen molar-refractivity contribution in [3.05, 3.63) is 94.6 Å². The second kappa shape index (κ2) is 10.0. The molecule has 0 spiro atoms. The molecule has 2 aliphatic heterocycles. The number of ketones is 1. The highest BCUT2D eigenvalue weighted by molar-refractivity contribution is 6.46. The number of amides is 1. The van der Waals surface area contributed by atoms with Gasteiger partial charge in [0.05, 0.1) is 25.3 Å². The van der Waals surface area contributed by atoms with E-state index in [1.807, 2.05) is 48.5 Å². The van der Waals surface area contributed by atoms with Gasteiger partial charge >= 0.3 is 0 Å². The van der Waals surface area contributed by atoms with Crippen LogP contribution in [0.4, 0.5) is 0 Å². The van der Waals surface area contributed by atoms with E-state index in [-0.39, 0.29) is 17.9 Å². The predicted molar refractivity (Wildman–Crippen MR) is 139 cm³/mol. The summed E-state index contributed by atoms with van der Waals surface area (Å²) in [6, 6.07) is 19.4. The standard InChI is InChI=1S/C30H29NO6/c1-18(2)19-8-10-20(11-9-19)27-26(28(32)21-12-13-24-25(16-21)37-15-14-36-24)29(33)30(34)31(27)17-22-6-4-5-7-23(22)35-3/h4-13,16,18,27,32H,14-15,17H2,1-3H3/b28-26-. The molecule has 3 aromatic rings. The first-order valence-corrected chi connectivity index (χ1v) is 12.3. The van der Waals surface area contributed by atoms with Crippen molar-refractivity contribution >= 4 is 17.4 Å². The first kappa shape index (κ1) is 24.4. The molecule has 7 nitrogen and oxygen atoms in total. The number of Topliss-reactive ketones (excluding diaryl/α,β-unsaturated/α-hetero) is 1. The van der Waals surface area contributed by atoms with Gasteiger partial charge in [-0.15, -0.1) is 0 Å². The number of carbonyl (C=O) groups is 2. The third kappa shape index (κ3) is 4.53. The maximum absolute atomic E-state index is 13.4. The molecule has 0 aliphatic carbocycles. The number of hydrogen-bond donors (Lipinski definition) is 1. The first-order valence-electron chi connectivity index (χ1n) is 12.3. The van der Waals surface area contributed by atoms with Crippen LogP contribution < -0.4 is 14.2 Å². The van der Waals surface area contributed by atoms with Gasteiger partial charge in [0.1, 0.15) is 24.7 Å². The summed E-state index contributed by atoms with van der Waals surface area (Å²) >= 11 is 0. The van der Waals surface area contributed by atoms with Crippen molar-refractivity contribution in [1.29, 1.82) is 0 Å². The summed E-state index contributed by atoms with van der Waals surface area (Å²) in [4.78, 5) is 28.3. The Kier molecular flexibility index (Phi) is 6.61. The Morgan fingerprint density at radius 1 is 1.00 bits per heavy atom. The van der Waals surface area contributed by atoms with Crippen LogP contribution in [0, 0.1) is 0 Å². The van der Waals surface area contributed by atoms with Gasteiger partial charge in [0.25, 0.3) is 11.7 Å². The van der Waals surface area contributed by atoms with E-state index in [1.165, 1.54) is 4.90 Å². The van der Waals surface area contributed by atoms with E-state index in [0.717, 1.165) is 16.7 Å². The quantitative estimate of drug-likeness (QED) is 0.285. The third-order valence-corrected chi connectivity index (χ3v) is 6.81. The maximum atomic E-state index is 13.4. The van der Waals surface area contributed by atoms with E-state index >= 15 is 0 Å². The molecule has 37 heavy (non-hydrogen) atoms. The number of rotatable bonds is 6. The van der Waals surface area contributed by atoms with E-state index in [2.05, 4.69) is 13.8 Å². The van der Waals surface area contributed by atoms with Crippen LogP contribution in [0.2, 0.25) is 0 Å². The van der Waals surface area contributed by atoms with Crippen molar-refractivity contribution in [2.45, 2.75) is 32.4 Å². The van der Waals surface area contributed by atoms with Gasteiger partial charge in [-0.2, -0.15) is 0 Å². The summed E-state index contributed by atoms with van der Waals surface area (Å²) in [5.41, 5.74) is 3.04. The predicted octanol–water partition coefficient (Wildman–Crippen LogP) is 5.21. The monoisotopic (exact) mass is 499 g/mol. The molecule has 2 heterocycles. The van der Waals surface area contributed by atoms with Crippen molar-refractivity contribution in [3.8, 4) is 17.2 Å². The van der Waals surface area contributed by atoms with E-state index in [4.69, 9.17) is 14.2 Å². The molecule has 1 amide bonds. The number of likely N-dealkylation sites (tertiary alicyclic amines) is 1. The number of methoxy groups -OCH3 is 1. The summed E-state index contributed by atoms with van der Waals surface area (Å²) in [6.45, 7) is 5.18. The highest BCUT2D eigenvalue weighted by Crippen LogP contribution is 2.42. The molecule has 7 heteroatoms. The number of benzene rings is 3. The normalized spacial score (nSPS) is 18.4. The van der Waals surface area contributed by atoms with Crippen molar-refractivity contribution < 1.29 is 28.9 Å². The van der Waals surface area contributed by atoms with Crippen LogP contribution in [-0.2, 0) is 16.1 Å². The second-order valence-electron chi connectivity index (χ2n) is 9.42. The SMILES string of the molecule is COc1ccccc1CN1C(=O)C(=O)/C(=C(\O)c2ccc3c(c2)OCCO3)C1c1ccc(C(C)C)cc1. The lowest BCUT2D eigenvalue weighted by molar-refractivity contribution is -0.140. The van der Waals surface area contributed by atoms with Crippen LogP contribution in [0.5, 0.6) is 17.2 Å². The molecule has 5 rings (SSSR count). The van der Waals surface area contributed by atoms with E-state index < -0.39 is 17.7 Å². The lowest BCUT2D eigenvalue weighted by Gasteiger charge is -2.26. The molecular weight excluding hydrogens is 470 g/mol. The third-order valence-electron chi connectivity index (χ3n) is 6.81. The zero-order valence-corrected chi connectivity index (χ0v) is 21.1. The van der Waals surface area contributed by atoms with Crippen molar-refractivity contribution in [3.63, 3.8) is 0 Å². The highest BCUT2D eigenvalue weighted by Gasteiger charge is 2.46. The van der Waals surface area contributed by atoms with Gasteiger partial charge in [-0.3, -0.25) is 9.59 Å². The molecule has 1 fully saturated rings. The average Bonchev–Trinajstić information content (AvgIpc) is 3.17. The number of ether oxygens (including phenoxy) is 3. The minimum atomic E-state index is -0.778. The fourth-order valence-electron chi connectivity index (χ4n) is 4.82. The molecular formula is C30H29NO6. The number of aliphatic hydroxyl groups is 1. The molecule has 2 aliphatic rings. The van der Waals surface area contributed by atoms with Gasteiger partial charge in [-0.1, -0.05) is 56.3 Å². The Morgan fingerprint density at radius 3 is 2.41 bits per heavy atom. The topological polar surface area (TPSA) is 85.3 Å². The van der Waals surface area contributed by atoms with Crippen LogP contribution in [0.1, 0.15) is 48.1 Å². The smallest absolute Gasteiger partial charge is 0.295 e. The molecule has 1 atom stereocenters. The highest BCUT2D eigenvalue weighted by atomic mass is 16.6. The molecule has 190 valence electrons. The van der Waals surface area contributed by atoms with Crippen LogP contribution >= 0.6 is 0 Å². The maximum Gasteiger partial charge on any atom is 0.295 e. The Morgan fingerprint density at radius 2 is 1.70 bits per heavy atom. The molecule has 0 radical (unpaired) electrons. The average molecular weight is 500 g/mol. The Hall–Kier alpha value is -4.26. The molecule has 1 unspecified atom stereocenters. The van der Waals surface area contributed by atoms with Gasteiger partial charge in [-0.05, 0) is 41.3 Å². The number of fused-ring (bicyclic) bond motifs is 1. The molecule has 0 saturated carbocycles. The summed E-state index contributed by atoms with van der Waals surface area (Å²) in [5, 5.41) is 11.4. The van der Waals surface area contributed by atoms with Crippen LogP contribution in [0.3, 0.4) is 0 Å². The van der Waals surface area contributed by atoms with Crippen molar-refractivity contribution in [1.82, 2.24) is 4.90 Å². The molecule has 0 bridgehead atoms. The first-order chi connectivity index (χ1) is 17.9. The zero-order chi connectivity index (χ0) is 26.1. The molecule has 0 aromatic heterocycles. The summed E-state index contributed by atoms with van der Waals surface area (Å²) in [6.07, 6.45) is 0. The molecule has 3 aromatic carbocycles. The van der Waals surface area contributed by atoms with Crippen LogP contribution in [0.25, 0.3) is 5.76 Å². The zero-order valence-electron chi connectivity index (χ0n) is 21.1. The number of para-hydroxylation sites is 1. The van der Waals surface area contributed by atoms with Crippen LogP contribution in [-0.4, -0.2) is 42.0 Å². The van der Waals surface area contributed by atoms with Gasteiger partial charge in [0.2, 0.25) is 0 Å². The minimum Gasteiger partial charge on any atom is -0.507 e. The molecule has 1 N–H and O–H groups in total.